The SMILES string of the molecule is CCCCCCCCCC(CC)(Cc1ccccc1)[N+](C)(C)O.[Cl-]. The van der Waals surface area contributed by atoms with E-state index in [1.807, 2.05) is 14.1 Å². The van der Waals surface area contributed by atoms with Gasteiger partial charge in [-0.3, -0.25) is 0 Å². The van der Waals surface area contributed by atoms with Gasteiger partial charge in [-0.1, -0.05) is 82.7 Å². The number of rotatable bonds is 12. The van der Waals surface area contributed by atoms with Crippen LogP contribution >= 0.6 is 0 Å². The number of halogens is 1. The van der Waals surface area contributed by atoms with Crippen molar-refractivity contribution in [3.8, 4) is 0 Å². The second-order valence-corrected chi connectivity index (χ2v) is 7.51. The monoisotopic (exact) mass is 355 g/mol. The van der Waals surface area contributed by atoms with Crippen molar-refractivity contribution < 1.29 is 22.3 Å². The van der Waals surface area contributed by atoms with Gasteiger partial charge in [0.2, 0.25) is 0 Å². The van der Waals surface area contributed by atoms with Gasteiger partial charge in [0.05, 0.1) is 14.1 Å². The zero-order valence-electron chi connectivity index (χ0n) is 16.2. The molecule has 1 aromatic rings. The normalized spacial score (nSPS) is 14.0. The number of hydroxylamine groups is 3. The Morgan fingerprint density at radius 1 is 0.875 bits per heavy atom. The lowest BCUT2D eigenvalue weighted by Crippen LogP contribution is -3.00. The molecule has 0 bridgehead atoms. The molecule has 0 radical (unpaired) electrons. The molecular weight excluding hydrogens is 318 g/mol. The van der Waals surface area contributed by atoms with E-state index < -0.39 is 0 Å². The minimum atomic E-state index is -0.0786. The summed E-state index contributed by atoms with van der Waals surface area (Å²) in [6.45, 7) is 4.49. The third-order valence-electron chi connectivity index (χ3n) is 5.44. The first-order chi connectivity index (χ1) is 10.9. The fourth-order valence-electron chi connectivity index (χ4n) is 3.63. The maximum atomic E-state index is 10.8. The van der Waals surface area contributed by atoms with E-state index in [-0.39, 0.29) is 22.6 Å². The van der Waals surface area contributed by atoms with Gasteiger partial charge in [0.1, 0.15) is 5.54 Å². The first kappa shape index (κ1) is 23.4. The zero-order chi connectivity index (χ0) is 17.2. The van der Waals surface area contributed by atoms with Gasteiger partial charge in [-0.15, -0.1) is 0 Å². The van der Waals surface area contributed by atoms with Crippen molar-refractivity contribution in [1.29, 1.82) is 0 Å². The van der Waals surface area contributed by atoms with Gasteiger partial charge in [-0.05, 0) is 12.0 Å². The smallest absolute Gasteiger partial charge is 0.132 e. The second kappa shape index (κ2) is 11.9. The van der Waals surface area contributed by atoms with E-state index in [0.29, 0.717) is 0 Å². The van der Waals surface area contributed by atoms with E-state index in [9.17, 15) is 5.21 Å². The summed E-state index contributed by atoms with van der Waals surface area (Å²) in [6, 6.07) is 10.6. The summed E-state index contributed by atoms with van der Waals surface area (Å²) in [5, 5.41) is 10.8. The van der Waals surface area contributed by atoms with Crippen LogP contribution in [0.3, 0.4) is 0 Å². The Balaban J connectivity index is 0.00000529. The Hall–Kier alpha value is -0.570. The molecule has 0 spiro atoms. The molecule has 0 saturated heterocycles. The first-order valence-electron chi connectivity index (χ1n) is 9.56. The maximum absolute atomic E-state index is 10.8. The van der Waals surface area contributed by atoms with Crippen LogP contribution < -0.4 is 12.4 Å². The summed E-state index contributed by atoms with van der Waals surface area (Å²) in [5.41, 5.74) is 1.25. The van der Waals surface area contributed by atoms with Crippen LogP contribution in [0.2, 0.25) is 0 Å². The number of quaternary nitrogens is 1. The van der Waals surface area contributed by atoms with Gasteiger partial charge in [0.25, 0.3) is 0 Å². The van der Waals surface area contributed by atoms with Gasteiger partial charge in [-0.25, -0.2) is 5.21 Å². The minimum absolute atomic E-state index is 0. The quantitative estimate of drug-likeness (QED) is 0.347. The molecule has 0 aromatic heterocycles. The fourth-order valence-corrected chi connectivity index (χ4v) is 3.63. The van der Waals surface area contributed by atoms with Crippen LogP contribution in [-0.2, 0) is 6.42 Å². The highest BCUT2D eigenvalue weighted by Crippen LogP contribution is 2.33. The highest BCUT2D eigenvalue weighted by molar-refractivity contribution is 5.17. The average molecular weight is 356 g/mol. The third kappa shape index (κ3) is 7.55. The summed E-state index contributed by atoms with van der Waals surface area (Å²) in [5.74, 6) is 0. The molecular formula is C21H38ClNO. The highest BCUT2D eigenvalue weighted by Gasteiger charge is 2.43. The molecule has 1 unspecified atom stereocenters. The van der Waals surface area contributed by atoms with Gasteiger partial charge < -0.3 is 12.4 Å². The molecule has 2 nitrogen and oxygen atoms in total. The van der Waals surface area contributed by atoms with Crippen molar-refractivity contribution in [3.05, 3.63) is 35.9 Å². The molecule has 1 aromatic carbocycles. The summed E-state index contributed by atoms with van der Waals surface area (Å²) in [4.78, 5) is 0. The van der Waals surface area contributed by atoms with E-state index in [2.05, 4.69) is 44.2 Å². The summed E-state index contributed by atoms with van der Waals surface area (Å²) >= 11 is 0. The molecule has 24 heavy (non-hydrogen) atoms. The van der Waals surface area contributed by atoms with Crippen LogP contribution in [0.25, 0.3) is 0 Å². The van der Waals surface area contributed by atoms with Crippen molar-refractivity contribution >= 4 is 0 Å². The lowest BCUT2D eigenvalue weighted by atomic mass is 9.81. The van der Waals surface area contributed by atoms with E-state index >= 15 is 0 Å². The summed E-state index contributed by atoms with van der Waals surface area (Å²) in [7, 11) is 3.88. The van der Waals surface area contributed by atoms with Crippen molar-refractivity contribution in [2.24, 2.45) is 0 Å². The third-order valence-corrected chi connectivity index (χ3v) is 5.44. The Morgan fingerprint density at radius 2 is 1.42 bits per heavy atom. The highest BCUT2D eigenvalue weighted by atomic mass is 35.5. The fraction of sp³-hybridized carbons (Fsp3) is 0.714. The largest absolute Gasteiger partial charge is 1.00 e. The van der Waals surface area contributed by atoms with E-state index in [1.54, 1.807) is 0 Å². The zero-order valence-corrected chi connectivity index (χ0v) is 17.0. The molecule has 0 aliphatic heterocycles. The number of unbranched alkanes of at least 4 members (excludes halogenated alkanes) is 6. The van der Waals surface area contributed by atoms with Gasteiger partial charge in [0.15, 0.2) is 0 Å². The number of nitrogens with zero attached hydrogens (tertiary/aromatic N) is 1. The molecule has 0 amide bonds. The first-order valence-corrected chi connectivity index (χ1v) is 9.56. The van der Waals surface area contributed by atoms with Crippen molar-refractivity contribution in [1.82, 2.24) is 0 Å². The molecule has 0 aliphatic carbocycles. The summed E-state index contributed by atoms with van der Waals surface area (Å²) in [6.07, 6.45) is 12.3. The standard InChI is InChI=1S/C21H38NO.ClH/c1-5-7-8-9-10-11-15-18-21(6-2,22(3,4)23)19-20-16-13-12-14-17-20;/h12-14,16-17,23H,5-11,15,18-19H2,1-4H3;1H/q+1;/p-1. The molecule has 140 valence electrons. The van der Waals surface area contributed by atoms with Gasteiger partial charge in [-0.2, -0.15) is 4.65 Å². The average Bonchev–Trinajstić information content (AvgIpc) is 2.52. The molecule has 0 aliphatic rings. The predicted molar refractivity (Wildman–Crippen MR) is 99.7 cm³/mol. The van der Waals surface area contributed by atoms with Crippen LogP contribution in [-0.4, -0.2) is 29.5 Å². The Kier molecular flexibility index (Phi) is 11.6. The molecule has 1 atom stereocenters. The van der Waals surface area contributed by atoms with Crippen LogP contribution in [0.4, 0.5) is 0 Å². The van der Waals surface area contributed by atoms with Crippen molar-refractivity contribution in [2.75, 3.05) is 14.1 Å². The number of likely N-dealkylation sites (N-methyl/N-ethyl adjacent to an activating group) is 1. The van der Waals surface area contributed by atoms with Crippen molar-refractivity contribution in [3.63, 3.8) is 0 Å². The molecule has 0 saturated carbocycles. The molecule has 0 heterocycles. The van der Waals surface area contributed by atoms with Gasteiger partial charge >= 0.3 is 0 Å². The Bertz CT molecular complexity index is 416. The lowest BCUT2D eigenvalue weighted by Gasteiger charge is -2.43. The Labute approximate surface area is 156 Å². The molecule has 1 N–H and O–H groups in total. The van der Waals surface area contributed by atoms with E-state index in [4.69, 9.17) is 0 Å². The minimum Gasteiger partial charge on any atom is -1.00 e. The topological polar surface area (TPSA) is 20.2 Å². The van der Waals surface area contributed by atoms with E-state index in [1.165, 1.54) is 50.5 Å². The van der Waals surface area contributed by atoms with Crippen molar-refractivity contribution in [2.45, 2.75) is 83.6 Å². The van der Waals surface area contributed by atoms with E-state index in [0.717, 1.165) is 19.3 Å². The van der Waals surface area contributed by atoms with Crippen LogP contribution in [0, 0.1) is 0 Å². The molecule has 1 rings (SSSR count). The van der Waals surface area contributed by atoms with Gasteiger partial charge in [0, 0.05) is 19.3 Å². The molecule has 3 heteroatoms. The molecule has 0 fully saturated rings. The predicted octanol–water partition coefficient (Wildman–Crippen LogP) is 2.99. The maximum Gasteiger partial charge on any atom is 0.132 e. The number of hydrogen-bond acceptors (Lipinski definition) is 1. The van der Waals surface area contributed by atoms with Crippen LogP contribution in [0.1, 0.15) is 77.2 Å². The van der Waals surface area contributed by atoms with Crippen LogP contribution in [0.5, 0.6) is 0 Å². The number of hydrogen-bond donors (Lipinski definition) is 1. The second-order valence-electron chi connectivity index (χ2n) is 7.51. The Morgan fingerprint density at radius 3 is 1.92 bits per heavy atom. The number of benzene rings is 1. The summed E-state index contributed by atoms with van der Waals surface area (Å²) < 4.78 is 0.0637. The lowest BCUT2D eigenvalue weighted by molar-refractivity contribution is -1.11. The van der Waals surface area contributed by atoms with Crippen LogP contribution in [0.15, 0.2) is 30.3 Å².